The van der Waals surface area contributed by atoms with Crippen LogP contribution in [0.15, 0.2) is 24.3 Å². The second kappa shape index (κ2) is 4.67. The largest absolute Gasteiger partial charge is 0.385 e. The molecule has 2 nitrogen and oxygen atoms in total. The Hall–Kier alpha value is -0.860. The molecule has 98 valence electrons. The maximum atomic E-state index is 10.6. The van der Waals surface area contributed by atoms with Crippen LogP contribution in [0.5, 0.6) is 0 Å². The molecule has 2 heteroatoms. The minimum absolute atomic E-state index is 0.321. The number of rotatable bonds is 4. The number of benzene rings is 1. The van der Waals surface area contributed by atoms with Crippen molar-refractivity contribution >= 4 is 0 Å². The summed E-state index contributed by atoms with van der Waals surface area (Å²) in [5.41, 5.74) is 2.10. The van der Waals surface area contributed by atoms with Gasteiger partial charge < -0.3 is 9.84 Å². The van der Waals surface area contributed by atoms with Gasteiger partial charge >= 0.3 is 0 Å². The zero-order valence-electron chi connectivity index (χ0n) is 11.1. The molecule has 0 heterocycles. The van der Waals surface area contributed by atoms with Gasteiger partial charge in [0.1, 0.15) is 6.10 Å². The Morgan fingerprint density at radius 3 is 2.56 bits per heavy atom. The number of hydrogen-bond acceptors (Lipinski definition) is 2. The average Bonchev–Trinajstić information content (AvgIpc) is 2.26. The van der Waals surface area contributed by atoms with Gasteiger partial charge in [-0.3, -0.25) is 0 Å². The second-order valence-corrected chi connectivity index (χ2v) is 5.82. The summed E-state index contributed by atoms with van der Waals surface area (Å²) in [6, 6.07) is 8.49. The highest BCUT2D eigenvalue weighted by Gasteiger charge is 2.44. The summed E-state index contributed by atoms with van der Waals surface area (Å²) in [4.78, 5) is 0. The van der Waals surface area contributed by atoms with Crippen molar-refractivity contribution in [3.05, 3.63) is 35.4 Å². The maximum absolute atomic E-state index is 10.6. The molecule has 0 aromatic heterocycles. The van der Waals surface area contributed by atoms with Crippen molar-refractivity contribution in [3.63, 3.8) is 0 Å². The first kappa shape index (κ1) is 12.2. The van der Waals surface area contributed by atoms with E-state index in [4.69, 9.17) is 4.74 Å². The van der Waals surface area contributed by atoms with E-state index in [-0.39, 0.29) is 5.60 Å². The van der Waals surface area contributed by atoms with E-state index in [0.29, 0.717) is 0 Å². The molecule has 1 aromatic carbocycles. The zero-order chi connectivity index (χ0) is 12.6. The van der Waals surface area contributed by atoms with E-state index in [2.05, 4.69) is 18.2 Å². The van der Waals surface area contributed by atoms with Crippen molar-refractivity contribution in [3.8, 4) is 0 Å². The summed E-state index contributed by atoms with van der Waals surface area (Å²) >= 11 is 0. The van der Waals surface area contributed by atoms with Gasteiger partial charge in [-0.1, -0.05) is 30.7 Å². The minimum Gasteiger partial charge on any atom is -0.385 e. The molecular weight excluding hydrogens is 224 g/mol. The Labute approximate surface area is 109 Å². The Morgan fingerprint density at radius 1 is 1.28 bits per heavy atom. The Bertz CT molecular complexity index is 413. The molecule has 2 fully saturated rings. The highest BCUT2D eigenvalue weighted by molar-refractivity contribution is 5.30. The van der Waals surface area contributed by atoms with Gasteiger partial charge in [0, 0.05) is 7.11 Å². The highest BCUT2D eigenvalue weighted by atomic mass is 16.5. The Morgan fingerprint density at radius 2 is 2.06 bits per heavy atom. The van der Waals surface area contributed by atoms with Gasteiger partial charge in [0.15, 0.2) is 0 Å². The fraction of sp³-hybridized carbons (Fsp3) is 0.625. The van der Waals surface area contributed by atoms with Crippen LogP contribution < -0.4 is 0 Å². The van der Waals surface area contributed by atoms with Gasteiger partial charge in [-0.25, -0.2) is 0 Å². The number of aliphatic hydroxyl groups is 1. The standard InChI is InChI=1S/C16H22O2/c1-18-16(9-4-10-16)15(17)14-8-3-7-13(11-14)12-5-2-6-12/h3,7-8,11-12,15,17H,2,4-6,9-10H2,1H3. The lowest BCUT2D eigenvalue weighted by Crippen LogP contribution is -2.45. The molecule has 2 aliphatic rings. The van der Waals surface area contributed by atoms with E-state index in [9.17, 15) is 5.11 Å². The molecule has 0 aliphatic heterocycles. The first-order valence-electron chi connectivity index (χ1n) is 7.08. The SMILES string of the molecule is COC1(C(O)c2cccc(C3CCC3)c2)CCC1. The van der Waals surface area contributed by atoms with Crippen LogP contribution in [0, 0.1) is 0 Å². The molecule has 2 saturated carbocycles. The first-order chi connectivity index (χ1) is 8.75. The number of ether oxygens (including phenoxy) is 1. The summed E-state index contributed by atoms with van der Waals surface area (Å²) in [7, 11) is 1.72. The summed E-state index contributed by atoms with van der Waals surface area (Å²) in [6.07, 6.45) is 6.57. The first-order valence-corrected chi connectivity index (χ1v) is 7.08. The topological polar surface area (TPSA) is 29.5 Å². The van der Waals surface area contributed by atoms with Gasteiger partial charge in [-0.05, 0) is 49.1 Å². The predicted molar refractivity (Wildman–Crippen MR) is 71.6 cm³/mol. The van der Waals surface area contributed by atoms with Crippen molar-refractivity contribution in [1.29, 1.82) is 0 Å². The molecule has 1 aromatic rings. The quantitative estimate of drug-likeness (QED) is 0.880. The molecule has 0 amide bonds. The number of aliphatic hydroxyl groups excluding tert-OH is 1. The molecule has 2 aliphatic carbocycles. The van der Waals surface area contributed by atoms with Gasteiger partial charge in [0.05, 0.1) is 5.60 Å². The molecule has 0 spiro atoms. The lowest BCUT2D eigenvalue weighted by atomic mass is 9.72. The fourth-order valence-corrected chi connectivity index (χ4v) is 3.14. The van der Waals surface area contributed by atoms with E-state index in [1.54, 1.807) is 7.11 Å². The zero-order valence-corrected chi connectivity index (χ0v) is 11.1. The summed E-state index contributed by atoms with van der Waals surface area (Å²) in [6.45, 7) is 0. The molecule has 0 saturated heterocycles. The van der Waals surface area contributed by atoms with Gasteiger partial charge in [-0.2, -0.15) is 0 Å². The highest BCUT2D eigenvalue weighted by Crippen LogP contribution is 2.45. The summed E-state index contributed by atoms with van der Waals surface area (Å²) in [5.74, 6) is 0.719. The molecule has 1 atom stereocenters. The molecule has 0 bridgehead atoms. The van der Waals surface area contributed by atoms with Gasteiger partial charge in [-0.15, -0.1) is 0 Å². The third-order valence-electron chi connectivity index (χ3n) is 4.91. The van der Waals surface area contributed by atoms with Crippen molar-refractivity contribution < 1.29 is 9.84 Å². The van der Waals surface area contributed by atoms with Crippen molar-refractivity contribution in [2.24, 2.45) is 0 Å². The molecule has 1 unspecified atom stereocenters. The van der Waals surface area contributed by atoms with Crippen LogP contribution >= 0.6 is 0 Å². The molecule has 0 radical (unpaired) electrons. The number of hydrogen-bond donors (Lipinski definition) is 1. The van der Waals surface area contributed by atoms with Crippen molar-refractivity contribution in [2.45, 2.75) is 56.1 Å². The Balaban J connectivity index is 1.82. The normalized spacial score (nSPS) is 24.1. The average molecular weight is 246 g/mol. The van der Waals surface area contributed by atoms with E-state index in [1.165, 1.54) is 24.8 Å². The summed E-state index contributed by atoms with van der Waals surface area (Å²) < 4.78 is 5.58. The van der Waals surface area contributed by atoms with E-state index >= 15 is 0 Å². The molecule has 18 heavy (non-hydrogen) atoms. The van der Waals surface area contributed by atoms with Crippen LogP contribution in [0.4, 0.5) is 0 Å². The van der Waals surface area contributed by atoms with Crippen molar-refractivity contribution in [1.82, 2.24) is 0 Å². The number of methoxy groups -OCH3 is 1. The maximum Gasteiger partial charge on any atom is 0.108 e. The van der Waals surface area contributed by atoms with Crippen LogP contribution in [0.3, 0.4) is 0 Å². The van der Waals surface area contributed by atoms with Crippen LogP contribution in [0.25, 0.3) is 0 Å². The van der Waals surface area contributed by atoms with E-state index in [1.807, 2.05) is 6.07 Å². The smallest absolute Gasteiger partial charge is 0.108 e. The molecule has 3 rings (SSSR count). The van der Waals surface area contributed by atoms with Gasteiger partial charge in [0.25, 0.3) is 0 Å². The second-order valence-electron chi connectivity index (χ2n) is 5.82. The van der Waals surface area contributed by atoms with E-state index in [0.717, 1.165) is 30.7 Å². The predicted octanol–water partition coefficient (Wildman–Crippen LogP) is 3.56. The minimum atomic E-state index is -0.476. The van der Waals surface area contributed by atoms with Gasteiger partial charge in [0.2, 0.25) is 0 Å². The molecular formula is C16H22O2. The summed E-state index contributed by atoms with van der Waals surface area (Å²) in [5, 5.41) is 10.6. The third-order valence-corrected chi connectivity index (χ3v) is 4.91. The Kier molecular flexibility index (Phi) is 3.16. The van der Waals surface area contributed by atoms with Crippen LogP contribution in [-0.2, 0) is 4.74 Å². The van der Waals surface area contributed by atoms with E-state index < -0.39 is 6.10 Å². The fourth-order valence-electron chi connectivity index (χ4n) is 3.14. The lowest BCUT2D eigenvalue weighted by molar-refractivity contribution is -0.151. The molecule has 1 N–H and O–H groups in total. The van der Waals surface area contributed by atoms with Crippen LogP contribution in [-0.4, -0.2) is 17.8 Å². The van der Waals surface area contributed by atoms with Crippen LogP contribution in [0.2, 0.25) is 0 Å². The lowest BCUT2D eigenvalue weighted by Gasteiger charge is -2.44. The van der Waals surface area contributed by atoms with Crippen LogP contribution in [0.1, 0.15) is 61.7 Å². The van der Waals surface area contributed by atoms with Crippen molar-refractivity contribution in [2.75, 3.05) is 7.11 Å². The monoisotopic (exact) mass is 246 g/mol. The third kappa shape index (κ3) is 1.88.